The van der Waals surface area contributed by atoms with Crippen molar-refractivity contribution in [3.63, 3.8) is 0 Å². The molecule has 1 unspecified atom stereocenters. The number of piperidine rings is 1. The molecule has 2 aliphatic heterocycles. The number of carbonyl (C=O) groups excluding carboxylic acids is 1. The van der Waals surface area contributed by atoms with Crippen LogP contribution in [0.25, 0.3) is 10.9 Å². The van der Waals surface area contributed by atoms with Gasteiger partial charge in [0.2, 0.25) is 0 Å². The van der Waals surface area contributed by atoms with E-state index in [-0.39, 0.29) is 17.9 Å². The summed E-state index contributed by atoms with van der Waals surface area (Å²) in [5.74, 6) is 0.286. The van der Waals surface area contributed by atoms with Crippen molar-refractivity contribution in [2.75, 3.05) is 26.5 Å². The van der Waals surface area contributed by atoms with Crippen LogP contribution in [-0.4, -0.2) is 57.3 Å². The number of aromatic nitrogens is 1. The van der Waals surface area contributed by atoms with E-state index in [1.165, 1.54) is 23.8 Å². The Morgan fingerprint density at radius 3 is 2.87 bits per heavy atom. The first-order valence-electron chi connectivity index (χ1n) is 10.9. The second-order valence-electron chi connectivity index (χ2n) is 9.13. The number of para-hydroxylation sites is 1. The van der Waals surface area contributed by atoms with E-state index in [1.54, 1.807) is 6.26 Å². The van der Waals surface area contributed by atoms with Gasteiger partial charge in [0, 0.05) is 46.7 Å². The molecule has 162 valence electrons. The van der Waals surface area contributed by atoms with E-state index in [2.05, 4.69) is 27.7 Å². The minimum atomic E-state index is -0.960. The smallest absolute Gasteiger partial charge is 0.311 e. The van der Waals surface area contributed by atoms with E-state index in [4.69, 9.17) is 4.74 Å². The Balaban J connectivity index is 1.59. The van der Waals surface area contributed by atoms with Gasteiger partial charge in [-0.05, 0) is 49.1 Å². The number of carbonyl (C=O) groups is 1. The summed E-state index contributed by atoms with van der Waals surface area (Å²) in [4.78, 5) is 15.1. The summed E-state index contributed by atoms with van der Waals surface area (Å²) < 4.78 is 19.6. The van der Waals surface area contributed by atoms with Crippen molar-refractivity contribution in [3.05, 3.63) is 35.5 Å². The monoisotopic (exact) mass is 430 g/mol. The van der Waals surface area contributed by atoms with Gasteiger partial charge in [0.05, 0.1) is 31.1 Å². The molecule has 5 rings (SSSR count). The maximum atomic E-state index is 12.5. The normalized spacial score (nSPS) is 32.2. The molecule has 3 aliphatic rings. The summed E-state index contributed by atoms with van der Waals surface area (Å²) in [6, 6.07) is 8.60. The third-order valence-corrected chi connectivity index (χ3v) is 8.21. The Hall–Kier alpha value is -1.70. The SMILES string of the molecule is COC(=O)[C@@H]1[C@H]2C[C@H]3c4c(c5ccccc5n4CS(C)=O)CCN3C[C@@H]2CC[C@@H]1O. The van der Waals surface area contributed by atoms with Gasteiger partial charge in [-0.1, -0.05) is 18.2 Å². The van der Waals surface area contributed by atoms with Gasteiger partial charge in [-0.25, -0.2) is 0 Å². The fraction of sp³-hybridized carbons (Fsp3) is 0.609. The third-order valence-electron chi connectivity index (χ3n) is 7.59. The van der Waals surface area contributed by atoms with Crippen molar-refractivity contribution >= 4 is 27.7 Å². The number of hydrogen-bond donors (Lipinski definition) is 1. The molecule has 1 saturated heterocycles. The average Bonchev–Trinajstić information content (AvgIpc) is 3.05. The van der Waals surface area contributed by atoms with Gasteiger partial charge in [-0.15, -0.1) is 0 Å². The van der Waals surface area contributed by atoms with Crippen LogP contribution in [0.15, 0.2) is 24.3 Å². The van der Waals surface area contributed by atoms with Crippen LogP contribution >= 0.6 is 0 Å². The number of esters is 1. The van der Waals surface area contributed by atoms with Gasteiger partial charge < -0.3 is 14.4 Å². The molecule has 1 saturated carbocycles. The van der Waals surface area contributed by atoms with Gasteiger partial charge in [-0.3, -0.25) is 13.9 Å². The molecule has 3 heterocycles. The fourth-order valence-electron chi connectivity index (χ4n) is 6.37. The first-order chi connectivity index (χ1) is 14.5. The van der Waals surface area contributed by atoms with Crippen LogP contribution in [0, 0.1) is 17.8 Å². The third kappa shape index (κ3) is 3.13. The minimum absolute atomic E-state index is 0.118. The van der Waals surface area contributed by atoms with Crippen LogP contribution in [0.5, 0.6) is 0 Å². The zero-order valence-corrected chi connectivity index (χ0v) is 18.4. The molecule has 0 radical (unpaired) electrons. The zero-order valence-electron chi connectivity index (χ0n) is 17.6. The van der Waals surface area contributed by atoms with Crippen molar-refractivity contribution < 1.29 is 18.8 Å². The highest BCUT2D eigenvalue weighted by Gasteiger charge is 2.50. The van der Waals surface area contributed by atoms with E-state index in [0.717, 1.165) is 37.9 Å². The lowest BCUT2D eigenvalue weighted by molar-refractivity contribution is -0.160. The number of hydrogen-bond acceptors (Lipinski definition) is 5. The number of nitrogens with zero attached hydrogens (tertiary/aromatic N) is 2. The topological polar surface area (TPSA) is 71.8 Å². The largest absolute Gasteiger partial charge is 0.469 e. The highest BCUT2D eigenvalue weighted by Crippen LogP contribution is 2.50. The van der Waals surface area contributed by atoms with E-state index < -0.39 is 22.8 Å². The van der Waals surface area contributed by atoms with Gasteiger partial charge in [0.15, 0.2) is 0 Å². The van der Waals surface area contributed by atoms with Crippen molar-refractivity contribution in [2.45, 2.75) is 43.7 Å². The summed E-state index contributed by atoms with van der Waals surface area (Å²) in [7, 11) is 0.457. The Kier molecular flexibility index (Phi) is 5.24. The molecule has 2 fully saturated rings. The number of benzene rings is 1. The number of methoxy groups -OCH3 is 1. The van der Waals surface area contributed by atoms with Crippen LogP contribution in [0.2, 0.25) is 0 Å². The highest BCUT2D eigenvalue weighted by atomic mass is 32.2. The van der Waals surface area contributed by atoms with Gasteiger partial charge in [0.25, 0.3) is 0 Å². The summed E-state index contributed by atoms with van der Waals surface area (Å²) in [6.45, 7) is 1.96. The second kappa shape index (κ2) is 7.77. The lowest BCUT2D eigenvalue weighted by Gasteiger charge is -2.51. The molecule has 1 N–H and O–H groups in total. The van der Waals surface area contributed by atoms with Crippen LogP contribution in [-0.2, 0) is 32.6 Å². The quantitative estimate of drug-likeness (QED) is 0.758. The summed E-state index contributed by atoms with van der Waals surface area (Å²) in [5, 5.41) is 11.9. The number of aliphatic hydroxyl groups excluding tert-OH is 1. The van der Waals surface area contributed by atoms with Gasteiger partial charge in [0.1, 0.15) is 0 Å². The first kappa shape index (κ1) is 20.2. The highest BCUT2D eigenvalue weighted by molar-refractivity contribution is 7.83. The fourth-order valence-corrected chi connectivity index (χ4v) is 7.01. The van der Waals surface area contributed by atoms with E-state index in [1.807, 2.05) is 6.07 Å². The zero-order chi connectivity index (χ0) is 21.0. The van der Waals surface area contributed by atoms with E-state index in [0.29, 0.717) is 18.2 Å². The maximum Gasteiger partial charge on any atom is 0.311 e. The molecule has 1 aromatic heterocycles. The summed E-state index contributed by atoms with van der Waals surface area (Å²) >= 11 is 0. The molecular formula is C23H30N2O4S. The molecule has 0 amide bonds. The molecule has 7 heteroatoms. The first-order valence-corrected chi connectivity index (χ1v) is 12.6. The van der Waals surface area contributed by atoms with Crippen molar-refractivity contribution in [1.82, 2.24) is 9.47 Å². The number of rotatable bonds is 3. The molecule has 2 aromatic rings. The minimum Gasteiger partial charge on any atom is -0.469 e. The molecule has 6 atom stereocenters. The Morgan fingerprint density at radius 1 is 1.30 bits per heavy atom. The van der Waals surface area contributed by atoms with Crippen LogP contribution < -0.4 is 0 Å². The van der Waals surface area contributed by atoms with Crippen molar-refractivity contribution in [3.8, 4) is 0 Å². The predicted octanol–water partition coefficient (Wildman–Crippen LogP) is 2.46. The lowest BCUT2D eigenvalue weighted by atomic mass is 9.65. The number of fused-ring (bicyclic) bond motifs is 6. The maximum absolute atomic E-state index is 12.5. The second-order valence-corrected chi connectivity index (χ2v) is 10.5. The van der Waals surface area contributed by atoms with Crippen LogP contribution in [0.3, 0.4) is 0 Å². The molecule has 1 aliphatic carbocycles. The van der Waals surface area contributed by atoms with Crippen LogP contribution in [0.1, 0.15) is 36.6 Å². The Labute approximate surface area is 179 Å². The van der Waals surface area contributed by atoms with Crippen molar-refractivity contribution in [1.29, 1.82) is 0 Å². The summed E-state index contributed by atoms with van der Waals surface area (Å²) in [6.07, 6.45) is 4.58. The standard InChI is InChI=1S/C23H30N2O4S/c1-29-23(27)21-17-11-19-22-16(9-10-24(19)12-14(17)7-8-20(21)26)15-5-3-4-6-18(15)25(22)13-30(2)28/h3-6,14,17,19-21,26H,7-13H2,1-2H3/t14-,17-,19-,20-,21+,30?/m0/s1. The average molecular weight is 431 g/mol. The molecule has 0 bridgehead atoms. The Bertz CT molecular complexity index is 1000. The number of ether oxygens (including phenoxy) is 1. The van der Waals surface area contributed by atoms with E-state index in [9.17, 15) is 14.1 Å². The summed E-state index contributed by atoms with van der Waals surface area (Å²) in [5.41, 5.74) is 3.77. The molecule has 0 spiro atoms. The number of aliphatic hydroxyl groups is 1. The van der Waals surface area contributed by atoms with E-state index >= 15 is 0 Å². The molecule has 30 heavy (non-hydrogen) atoms. The molecule has 1 aromatic carbocycles. The Morgan fingerprint density at radius 2 is 2.10 bits per heavy atom. The van der Waals surface area contributed by atoms with Gasteiger partial charge in [-0.2, -0.15) is 0 Å². The van der Waals surface area contributed by atoms with Crippen LogP contribution in [0.4, 0.5) is 0 Å². The van der Waals surface area contributed by atoms with Crippen molar-refractivity contribution in [2.24, 2.45) is 17.8 Å². The lowest BCUT2D eigenvalue weighted by Crippen LogP contribution is -2.53. The molecule has 6 nitrogen and oxygen atoms in total. The van der Waals surface area contributed by atoms with Gasteiger partial charge >= 0.3 is 5.97 Å². The molecular weight excluding hydrogens is 400 g/mol. The predicted molar refractivity (Wildman–Crippen MR) is 116 cm³/mol.